The van der Waals surface area contributed by atoms with Crippen molar-refractivity contribution in [2.24, 2.45) is 0 Å². The summed E-state index contributed by atoms with van der Waals surface area (Å²) in [5.74, 6) is -0.154. The van der Waals surface area contributed by atoms with Crippen molar-refractivity contribution in [3.05, 3.63) is 68.4 Å². The molecule has 0 fully saturated rings. The predicted molar refractivity (Wildman–Crippen MR) is 95.0 cm³/mol. The number of aryl methyl sites for hydroxylation is 1. The van der Waals surface area contributed by atoms with Crippen LogP contribution in [0.2, 0.25) is 0 Å². The van der Waals surface area contributed by atoms with Gasteiger partial charge in [-0.15, -0.1) is 11.3 Å². The molecule has 0 bridgehead atoms. The number of aromatic amines is 1. The molecule has 24 heavy (non-hydrogen) atoms. The molecule has 0 saturated carbocycles. The fourth-order valence-electron chi connectivity index (χ4n) is 2.27. The van der Waals surface area contributed by atoms with E-state index in [4.69, 9.17) is 4.74 Å². The van der Waals surface area contributed by atoms with Crippen molar-refractivity contribution in [2.45, 2.75) is 20.0 Å². The zero-order valence-corrected chi connectivity index (χ0v) is 14.1. The third-order valence-corrected chi connectivity index (χ3v) is 4.57. The van der Waals surface area contributed by atoms with Crippen LogP contribution in [0.3, 0.4) is 0 Å². The Balaban J connectivity index is 1.76. The smallest absolute Gasteiger partial charge is 0.331 e. The first-order valence-electron chi connectivity index (χ1n) is 7.46. The second kappa shape index (κ2) is 6.80. The van der Waals surface area contributed by atoms with Gasteiger partial charge >= 0.3 is 5.97 Å². The van der Waals surface area contributed by atoms with E-state index < -0.39 is 12.1 Å². The van der Waals surface area contributed by atoms with E-state index in [2.05, 4.69) is 9.97 Å². The molecule has 6 heteroatoms. The summed E-state index contributed by atoms with van der Waals surface area (Å²) in [7, 11) is 0. The summed E-state index contributed by atoms with van der Waals surface area (Å²) >= 11 is 1.56. The van der Waals surface area contributed by atoms with Crippen LogP contribution in [0.25, 0.3) is 17.0 Å². The van der Waals surface area contributed by atoms with Gasteiger partial charge in [0.1, 0.15) is 0 Å². The van der Waals surface area contributed by atoms with Gasteiger partial charge in [-0.1, -0.05) is 12.1 Å². The SMILES string of the molecule is Cc1ccsc1/C=C/C(=O)O[C@H](C)c1nc2ccccc2c(=O)[nH]1. The summed E-state index contributed by atoms with van der Waals surface area (Å²) in [6, 6.07) is 9.03. The maximum absolute atomic E-state index is 12.1. The second-order valence-corrected chi connectivity index (χ2v) is 6.30. The average molecular weight is 340 g/mol. The number of para-hydroxylation sites is 1. The standard InChI is InChI=1S/C18H16N2O3S/c1-11-9-10-24-15(11)7-8-16(21)23-12(2)17-19-14-6-4-3-5-13(14)18(22)20-17/h3-10,12H,1-2H3,(H,19,20,22)/b8-7+/t12-/m1/s1. The molecule has 0 aliphatic heterocycles. The zero-order chi connectivity index (χ0) is 17.1. The minimum Gasteiger partial charge on any atom is -0.451 e. The van der Waals surface area contributed by atoms with Crippen LogP contribution >= 0.6 is 11.3 Å². The Morgan fingerprint density at radius 2 is 2.12 bits per heavy atom. The van der Waals surface area contributed by atoms with Crippen LogP contribution in [0, 0.1) is 6.92 Å². The predicted octanol–water partition coefficient (Wildman–Crippen LogP) is 3.61. The van der Waals surface area contributed by atoms with Crippen molar-refractivity contribution in [3.8, 4) is 0 Å². The van der Waals surface area contributed by atoms with E-state index in [1.54, 1.807) is 48.6 Å². The van der Waals surface area contributed by atoms with Crippen molar-refractivity contribution in [3.63, 3.8) is 0 Å². The van der Waals surface area contributed by atoms with Crippen molar-refractivity contribution in [1.82, 2.24) is 9.97 Å². The number of fused-ring (bicyclic) bond motifs is 1. The van der Waals surface area contributed by atoms with Crippen LogP contribution in [0.5, 0.6) is 0 Å². The first-order chi connectivity index (χ1) is 11.5. The maximum atomic E-state index is 12.1. The Morgan fingerprint density at radius 3 is 2.88 bits per heavy atom. The van der Waals surface area contributed by atoms with E-state index in [0.717, 1.165) is 10.4 Å². The molecule has 2 heterocycles. The number of thiophene rings is 1. The molecular formula is C18H16N2O3S. The summed E-state index contributed by atoms with van der Waals surface area (Å²) in [4.78, 5) is 32.1. The summed E-state index contributed by atoms with van der Waals surface area (Å²) in [6.07, 6.45) is 2.46. The highest BCUT2D eigenvalue weighted by molar-refractivity contribution is 7.11. The molecule has 0 amide bonds. The molecule has 1 aromatic carbocycles. The van der Waals surface area contributed by atoms with Crippen LogP contribution in [-0.2, 0) is 9.53 Å². The molecule has 0 unspecified atom stereocenters. The minimum atomic E-state index is -0.649. The number of carbonyl (C=O) groups excluding carboxylic acids is 1. The fraction of sp³-hybridized carbons (Fsp3) is 0.167. The number of rotatable bonds is 4. The summed E-state index contributed by atoms with van der Waals surface area (Å²) in [5.41, 5.74) is 1.43. The molecule has 3 rings (SSSR count). The van der Waals surface area contributed by atoms with Crippen LogP contribution in [0.1, 0.15) is 29.3 Å². The number of benzene rings is 1. The molecule has 0 saturated heterocycles. The molecule has 1 atom stereocenters. The summed E-state index contributed by atoms with van der Waals surface area (Å²) < 4.78 is 5.32. The van der Waals surface area contributed by atoms with Gasteiger partial charge in [-0.3, -0.25) is 4.79 Å². The molecular weight excluding hydrogens is 324 g/mol. The van der Waals surface area contributed by atoms with Gasteiger partial charge in [-0.05, 0) is 49.1 Å². The van der Waals surface area contributed by atoms with Crippen molar-refractivity contribution in [1.29, 1.82) is 0 Å². The average Bonchev–Trinajstić information content (AvgIpc) is 2.98. The van der Waals surface area contributed by atoms with E-state index in [1.807, 2.05) is 18.4 Å². The lowest BCUT2D eigenvalue weighted by molar-refractivity contribution is -0.142. The number of ether oxygens (including phenoxy) is 1. The molecule has 0 spiro atoms. The Morgan fingerprint density at radius 1 is 1.33 bits per heavy atom. The third-order valence-electron chi connectivity index (χ3n) is 3.58. The monoisotopic (exact) mass is 340 g/mol. The van der Waals surface area contributed by atoms with Crippen LogP contribution in [0.4, 0.5) is 0 Å². The van der Waals surface area contributed by atoms with Gasteiger partial charge in [0.05, 0.1) is 10.9 Å². The zero-order valence-electron chi connectivity index (χ0n) is 13.3. The van der Waals surface area contributed by atoms with Crippen LogP contribution in [0.15, 0.2) is 46.6 Å². The van der Waals surface area contributed by atoms with E-state index in [1.165, 1.54) is 6.08 Å². The normalized spacial score (nSPS) is 12.6. The number of hydrogen-bond donors (Lipinski definition) is 1. The Kier molecular flexibility index (Phi) is 4.57. The lowest BCUT2D eigenvalue weighted by atomic mass is 10.2. The highest BCUT2D eigenvalue weighted by atomic mass is 32.1. The van der Waals surface area contributed by atoms with Crippen LogP contribution in [-0.4, -0.2) is 15.9 Å². The van der Waals surface area contributed by atoms with Crippen LogP contribution < -0.4 is 5.56 Å². The van der Waals surface area contributed by atoms with E-state index >= 15 is 0 Å². The van der Waals surface area contributed by atoms with Gasteiger partial charge in [0, 0.05) is 11.0 Å². The number of hydrogen-bond acceptors (Lipinski definition) is 5. The Bertz CT molecular complexity index is 972. The lowest BCUT2D eigenvalue weighted by Crippen LogP contribution is -2.16. The summed E-state index contributed by atoms with van der Waals surface area (Å²) in [5, 5.41) is 2.47. The largest absolute Gasteiger partial charge is 0.451 e. The van der Waals surface area contributed by atoms with Gasteiger partial charge < -0.3 is 9.72 Å². The van der Waals surface area contributed by atoms with Crippen molar-refractivity contribution in [2.75, 3.05) is 0 Å². The number of aromatic nitrogens is 2. The van der Waals surface area contributed by atoms with Gasteiger partial charge in [-0.25, -0.2) is 9.78 Å². The Hall–Kier alpha value is -2.73. The van der Waals surface area contributed by atoms with E-state index in [9.17, 15) is 9.59 Å². The Labute approximate surface area is 142 Å². The number of nitrogens with zero attached hydrogens (tertiary/aromatic N) is 1. The molecule has 0 aliphatic carbocycles. The van der Waals surface area contributed by atoms with Crippen molar-refractivity contribution >= 4 is 34.3 Å². The van der Waals surface area contributed by atoms with E-state index in [0.29, 0.717) is 16.7 Å². The third kappa shape index (κ3) is 3.44. The second-order valence-electron chi connectivity index (χ2n) is 5.35. The fourth-order valence-corrected chi connectivity index (χ4v) is 3.08. The molecule has 122 valence electrons. The number of nitrogens with one attached hydrogen (secondary N) is 1. The molecule has 0 aliphatic rings. The van der Waals surface area contributed by atoms with Crippen molar-refractivity contribution < 1.29 is 9.53 Å². The number of esters is 1. The highest BCUT2D eigenvalue weighted by Crippen LogP contribution is 2.18. The first kappa shape index (κ1) is 16.1. The topological polar surface area (TPSA) is 72.0 Å². The lowest BCUT2D eigenvalue weighted by Gasteiger charge is -2.11. The number of H-pyrrole nitrogens is 1. The van der Waals surface area contributed by atoms with Gasteiger partial charge in [0.25, 0.3) is 5.56 Å². The maximum Gasteiger partial charge on any atom is 0.331 e. The van der Waals surface area contributed by atoms with E-state index in [-0.39, 0.29) is 5.56 Å². The first-order valence-corrected chi connectivity index (χ1v) is 8.34. The molecule has 2 aromatic heterocycles. The minimum absolute atomic E-state index is 0.247. The highest BCUT2D eigenvalue weighted by Gasteiger charge is 2.14. The van der Waals surface area contributed by atoms with Gasteiger partial charge in [-0.2, -0.15) is 0 Å². The number of carbonyl (C=O) groups is 1. The quantitative estimate of drug-likeness (QED) is 0.582. The molecule has 1 N–H and O–H groups in total. The molecule has 5 nitrogen and oxygen atoms in total. The van der Waals surface area contributed by atoms with Gasteiger partial charge in [0.15, 0.2) is 11.9 Å². The molecule has 0 radical (unpaired) electrons. The summed E-state index contributed by atoms with van der Waals surface area (Å²) in [6.45, 7) is 3.66. The molecule has 3 aromatic rings. The van der Waals surface area contributed by atoms with Gasteiger partial charge in [0.2, 0.25) is 0 Å².